The summed E-state index contributed by atoms with van der Waals surface area (Å²) < 4.78 is 0. The normalized spacial score (nSPS) is 11.3. The zero-order chi connectivity index (χ0) is 14.4. The number of carbonyl (C=O) groups excluding carboxylic acids is 1. The maximum atomic E-state index is 12.2. The first-order valence-corrected chi connectivity index (χ1v) is 8.31. The molecule has 0 bridgehead atoms. The number of para-hydroxylation sites is 1. The molecule has 2 rings (SSSR count). The summed E-state index contributed by atoms with van der Waals surface area (Å²) in [6.45, 7) is 7.55. The lowest BCUT2D eigenvalue weighted by Crippen LogP contribution is -2.25. The largest absolute Gasteiger partial charge is 0.360 e. The van der Waals surface area contributed by atoms with Crippen LogP contribution >= 0.6 is 11.8 Å². The Kier molecular flexibility index (Phi) is 5.68. The van der Waals surface area contributed by atoms with Crippen LogP contribution in [-0.2, 0) is 0 Å². The van der Waals surface area contributed by atoms with Crippen molar-refractivity contribution in [2.24, 2.45) is 0 Å². The molecule has 0 unspecified atom stereocenters. The molecule has 0 amide bonds. The number of nitrogens with zero attached hydrogens (tertiary/aromatic N) is 1. The molecule has 0 fully saturated rings. The second kappa shape index (κ2) is 7.50. The van der Waals surface area contributed by atoms with Crippen LogP contribution in [0, 0.1) is 0 Å². The van der Waals surface area contributed by atoms with E-state index >= 15 is 0 Å². The third-order valence-electron chi connectivity index (χ3n) is 3.57. The number of hydrogen-bond donors (Lipinski definition) is 1. The molecule has 0 saturated heterocycles. The quantitative estimate of drug-likeness (QED) is 0.598. The number of carbonyl (C=O) groups is 1. The van der Waals surface area contributed by atoms with Gasteiger partial charge in [0.2, 0.25) is 0 Å². The first-order chi connectivity index (χ1) is 9.76. The first-order valence-electron chi connectivity index (χ1n) is 7.15. The molecule has 108 valence electrons. The minimum Gasteiger partial charge on any atom is -0.360 e. The number of nitrogens with one attached hydrogen (secondary N) is 1. The summed E-state index contributed by atoms with van der Waals surface area (Å²) in [4.78, 5) is 17.8. The topological polar surface area (TPSA) is 36.1 Å². The maximum Gasteiger partial charge on any atom is 0.174 e. The average molecular weight is 290 g/mol. The molecular formula is C16H22N2OS. The summed E-state index contributed by atoms with van der Waals surface area (Å²) in [5, 5.41) is 1.03. The smallest absolute Gasteiger partial charge is 0.174 e. The minimum absolute atomic E-state index is 0.215. The highest BCUT2D eigenvalue weighted by Crippen LogP contribution is 2.19. The van der Waals surface area contributed by atoms with Crippen LogP contribution in [0.5, 0.6) is 0 Å². The molecule has 3 nitrogen and oxygen atoms in total. The van der Waals surface area contributed by atoms with Gasteiger partial charge >= 0.3 is 0 Å². The highest BCUT2D eigenvalue weighted by atomic mass is 32.2. The van der Waals surface area contributed by atoms with Gasteiger partial charge in [0.05, 0.1) is 5.75 Å². The lowest BCUT2D eigenvalue weighted by atomic mass is 10.1. The lowest BCUT2D eigenvalue weighted by molar-refractivity contribution is 0.102. The number of benzene rings is 1. The second-order valence-corrected chi connectivity index (χ2v) is 5.86. The molecule has 0 spiro atoms. The molecule has 1 aromatic heterocycles. The molecule has 1 heterocycles. The number of aromatic amines is 1. The van der Waals surface area contributed by atoms with E-state index in [1.807, 2.05) is 30.5 Å². The van der Waals surface area contributed by atoms with Gasteiger partial charge in [0, 0.05) is 35.0 Å². The van der Waals surface area contributed by atoms with Gasteiger partial charge in [-0.3, -0.25) is 4.79 Å². The number of fused-ring (bicyclic) bond motifs is 1. The van der Waals surface area contributed by atoms with Crippen molar-refractivity contribution in [2.75, 3.05) is 31.1 Å². The molecule has 1 N–H and O–H groups in total. The van der Waals surface area contributed by atoms with Crippen LogP contribution in [0.15, 0.2) is 30.5 Å². The van der Waals surface area contributed by atoms with Gasteiger partial charge in [0.15, 0.2) is 5.78 Å². The van der Waals surface area contributed by atoms with Crippen molar-refractivity contribution in [3.8, 4) is 0 Å². The van der Waals surface area contributed by atoms with Crippen LogP contribution in [0.1, 0.15) is 24.2 Å². The SMILES string of the molecule is CCN(CC)CCSCC(=O)c1c[nH]c2ccccc12. The summed E-state index contributed by atoms with van der Waals surface area (Å²) in [7, 11) is 0. The fraction of sp³-hybridized carbons (Fsp3) is 0.438. The van der Waals surface area contributed by atoms with Gasteiger partial charge < -0.3 is 9.88 Å². The van der Waals surface area contributed by atoms with Crippen molar-refractivity contribution in [1.29, 1.82) is 0 Å². The van der Waals surface area contributed by atoms with E-state index in [0.29, 0.717) is 5.75 Å². The Morgan fingerprint density at radius 3 is 2.75 bits per heavy atom. The third-order valence-corrected chi connectivity index (χ3v) is 4.51. The Morgan fingerprint density at radius 1 is 1.25 bits per heavy atom. The molecule has 0 saturated carbocycles. The highest BCUT2D eigenvalue weighted by molar-refractivity contribution is 8.00. The van der Waals surface area contributed by atoms with E-state index < -0.39 is 0 Å². The summed E-state index contributed by atoms with van der Waals surface area (Å²) in [5.74, 6) is 1.78. The monoisotopic (exact) mass is 290 g/mol. The summed E-state index contributed by atoms with van der Waals surface area (Å²) in [6, 6.07) is 7.95. The molecule has 0 atom stereocenters. The molecule has 0 radical (unpaired) electrons. The Bertz CT molecular complexity index is 560. The van der Waals surface area contributed by atoms with Crippen LogP contribution < -0.4 is 0 Å². The van der Waals surface area contributed by atoms with E-state index in [-0.39, 0.29) is 5.78 Å². The Labute approximate surface area is 124 Å². The zero-order valence-electron chi connectivity index (χ0n) is 12.2. The van der Waals surface area contributed by atoms with E-state index in [2.05, 4.69) is 23.7 Å². The number of rotatable bonds is 8. The predicted molar refractivity (Wildman–Crippen MR) is 87.7 cm³/mol. The highest BCUT2D eigenvalue weighted by Gasteiger charge is 2.11. The zero-order valence-corrected chi connectivity index (χ0v) is 13.0. The lowest BCUT2D eigenvalue weighted by Gasteiger charge is -2.17. The molecule has 1 aromatic carbocycles. The van der Waals surface area contributed by atoms with Crippen LogP contribution in [-0.4, -0.2) is 46.8 Å². The van der Waals surface area contributed by atoms with Crippen LogP contribution in [0.25, 0.3) is 10.9 Å². The van der Waals surface area contributed by atoms with Gasteiger partial charge in [-0.25, -0.2) is 0 Å². The van der Waals surface area contributed by atoms with E-state index in [9.17, 15) is 4.79 Å². The van der Waals surface area contributed by atoms with Gasteiger partial charge in [0.25, 0.3) is 0 Å². The number of thioether (sulfide) groups is 1. The van der Waals surface area contributed by atoms with Crippen molar-refractivity contribution >= 4 is 28.4 Å². The van der Waals surface area contributed by atoms with Gasteiger partial charge in [-0.2, -0.15) is 11.8 Å². The van der Waals surface area contributed by atoms with Crippen molar-refractivity contribution in [3.63, 3.8) is 0 Å². The number of hydrogen-bond acceptors (Lipinski definition) is 3. The Hall–Kier alpha value is -1.26. The van der Waals surface area contributed by atoms with E-state index in [1.165, 1.54) is 0 Å². The first kappa shape index (κ1) is 15.1. The fourth-order valence-electron chi connectivity index (χ4n) is 2.28. The maximum absolute atomic E-state index is 12.2. The fourth-order valence-corrected chi connectivity index (χ4v) is 3.15. The Balaban J connectivity index is 1.86. The van der Waals surface area contributed by atoms with E-state index in [1.54, 1.807) is 11.8 Å². The Morgan fingerprint density at radius 2 is 2.00 bits per heavy atom. The van der Waals surface area contributed by atoms with Crippen molar-refractivity contribution < 1.29 is 4.79 Å². The summed E-state index contributed by atoms with van der Waals surface area (Å²) in [6.07, 6.45) is 1.83. The van der Waals surface area contributed by atoms with Gasteiger partial charge in [-0.1, -0.05) is 32.0 Å². The molecule has 0 aliphatic rings. The molecule has 0 aliphatic heterocycles. The van der Waals surface area contributed by atoms with Gasteiger partial charge in [-0.05, 0) is 19.2 Å². The summed E-state index contributed by atoms with van der Waals surface area (Å²) in [5.41, 5.74) is 1.85. The molecule has 4 heteroatoms. The number of aromatic nitrogens is 1. The molecule has 2 aromatic rings. The molecular weight excluding hydrogens is 268 g/mol. The second-order valence-electron chi connectivity index (χ2n) is 4.75. The molecule has 20 heavy (non-hydrogen) atoms. The van der Waals surface area contributed by atoms with Crippen molar-refractivity contribution in [1.82, 2.24) is 9.88 Å². The average Bonchev–Trinajstić information content (AvgIpc) is 2.91. The summed E-state index contributed by atoms with van der Waals surface area (Å²) >= 11 is 1.72. The minimum atomic E-state index is 0.215. The van der Waals surface area contributed by atoms with Crippen molar-refractivity contribution in [2.45, 2.75) is 13.8 Å². The van der Waals surface area contributed by atoms with Gasteiger partial charge in [-0.15, -0.1) is 0 Å². The van der Waals surface area contributed by atoms with Crippen LogP contribution in [0.2, 0.25) is 0 Å². The number of ketones is 1. The predicted octanol–water partition coefficient (Wildman–Crippen LogP) is 3.43. The van der Waals surface area contributed by atoms with Crippen molar-refractivity contribution in [3.05, 3.63) is 36.0 Å². The number of H-pyrrole nitrogens is 1. The van der Waals surface area contributed by atoms with Gasteiger partial charge in [0.1, 0.15) is 0 Å². The molecule has 0 aliphatic carbocycles. The van der Waals surface area contributed by atoms with E-state index in [0.717, 1.165) is 41.9 Å². The number of Topliss-reactive ketones (excluding diaryl/α,β-unsaturated/α-hetero) is 1. The third kappa shape index (κ3) is 3.64. The van der Waals surface area contributed by atoms with Crippen LogP contribution in [0.3, 0.4) is 0 Å². The van der Waals surface area contributed by atoms with E-state index in [4.69, 9.17) is 0 Å². The van der Waals surface area contributed by atoms with Crippen LogP contribution in [0.4, 0.5) is 0 Å². The standard InChI is InChI=1S/C16H22N2OS/c1-3-18(4-2)9-10-20-12-16(19)14-11-17-15-8-6-5-7-13(14)15/h5-8,11,17H,3-4,9-10,12H2,1-2H3.